The van der Waals surface area contributed by atoms with Gasteiger partial charge in [-0.15, -0.1) is 0 Å². The van der Waals surface area contributed by atoms with E-state index in [-0.39, 0.29) is 5.75 Å². The molecule has 0 atom stereocenters. The Bertz CT molecular complexity index is 413. The number of hydrogen-bond acceptors (Lipinski definition) is 3. The maximum Gasteiger partial charge on any atom is 0.148 e. The molecule has 4 nitrogen and oxygen atoms in total. The molecule has 0 aliphatic rings. The molecule has 5 heteroatoms. The summed E-state index contributed by atoms with van der Waals surface area (Å²) in [6.45, 7) is 0. The number of hydrogen-bond donors (Lipinski definition) is 2. The molecule has 0 aromatic carbocycles. The van der Waals surface area contributed by atoms with Crippen LogP contribution in [0.3, 0.4) is 0 Å². The molecule has 13 heavy (non-hydrogen) atoms. The van der Waals surface area contributed by atoms with E-state index < -0.39 is 0 Å². The molecule has 0 unspecified atom stereocenters. The van der Waals surface area contributed by atoms with Crippen molar-refractivity contribution in [3.05, 3.63) is 29.1 Å². The number of nitrogens with zero attached hydrogens (tertiary/aromatic N) is 2. The van der Waals surface area contributed by atoms with Crippen LogP contribution in [-0.4, -0.2) is 20.3 Å². The minimum atomic E-state index is 0.132. The third-order valence-electron chi connectivity index (χ3n) is 1.62. The third kappa shape index (κ3) is 1.55. The predicted molar refractivity (Wildman–Crippen MR) is 51.2 cm³/mol. The highest BCUT2D eigenvalue weighted by Gasteiger charge is 2.03. The van der Waals surface area contributed by atoms with E-state index in [1.54, 1.807) is 24.5 Å². The van der Waals surface area contributed by atoms with Crippen molar-refractivity contribution in [3.63, 3.8) is 0 Å². The van der Waals surface area contributed by atoms with Crippen molar-refractivity contribution in [1.82, 2.24) is 15.2 Å². The number of aromatic nitrogens is 3. The first-order chi connectivity index (χ1) is 6.27. The van der Waals surface area contributed by atoms with Crippen LogP contribution in [0.1, 0.15) is 0 Å². The van der Waals surface area contributed by atoms with E-state index >= 15 is 0 Å². The summed E-state index contributed by atoms with van der Waals surface area (Å²) in [5, 5.41) is 15.7. The fourth-order valence-corrected chi connectivity index (χ4v) is 1.30. The van der Waals surface area contributed by atoms with Crippen LogP contribution < -0.4 is 0 Å². The normalized spacial score (nSPS) is 10.2. The Labute approximate surface area is 82.8 Å². The zero-order chi connectivity index (χ0) is 9.26. The van der Waals surface area contributed by atoms with Gasteiger partial charge in [0.15, 0.2) is 0 Å². The van der Waals surface area contributed by atoms with E-state index in [4.69, 9.17) is 0 Å². The second-order valence-electron chi connectivity index (χ2n) is 2.49. The second kappa shape index (κ2) is 3.18. The molecule has 0 spiro atoms. The molecule has 0 radical (unpaired) electrons. The Balaban J connectivity index is 2.49. The Morgan fingerprint density at radius 2 is 2.23 bits per heavy atom. The van der Waals surface area contributed by atoms with Crippen LogP contribution in [0.15, 0.2) is 29.1 Å². The Morgan fingerprint density at radius 1 is 1.38 bits per heavy atom. The highest BCUT2D eigenvalue weighted by Crippen LogP contribution is 2.25. The van der Waals surface area contributed by atoms with Gasteiger partial charge in [-0.2, -0.15) is 5.10 Å². The first-order valence-electron chi connectivity index (χ1n) is 3.62. The second-order valence-corrected chi connectivity index (χ2v) is 3.24. The predicted octanol–water partition coefficient (Wildman–Crippen LogP) is 1.94. The van der Waals surface area contributed by atoms with Gasteiger partial charge in [-0.05, 0) is 28.1 Å². The molecule has 0 bridgehead atoms. The third-order valence-corrected chi connectivity index (χ3v) is 2.21. The summed E-state index contributed by atoms with van der Waals surface area (Å²) in [7, 11) is 0. The molecule has 0 aliphatic heterocycles. The van der Waals surface area contributed by atoms with Crippen molar-refractivity contribution in [2.75, 3.05) is 0 Å². The molecule has 2 aromatic rings. The molecule has 0 fully saturated rings. The number of aromatic amines is 1. The lowest BCUT2D eigenvalue weighted by Crippen LogP contribution is -1.82. The number of aromatic hydroxyl groups is 1. The fourth-order valence-electron chi connectivity index (χ4n) is 0.979. The van der Waals surface area contributed by atoms with E-state index in [0.29, 0.717) is 4.60 Å². The number of nitrogens with one attached hydrogen (secondary N) is 1. The fraction of sp³-hybridized carbons (Fsp3) is 0. The lowest BCUT2D eigenvalue weighted by atomic mass is 10.2. The average Bonchev–Trinajstić information content (AvgIpc) is 2.62. The molecule has 0 saturated carbocycles. The molecular formula is C8H6BrN3O. The summed E-state index contributed by atoms with van der Waals surface area (Å²) in [5.74, 6) is 0.132. The van der Waals surface area contributed by atoms with Gasteiger partial charge in [-0.1, -0.05) is 0 Å². The summed E-state index contributed by atoms with van der Waals surface area (Å²) >= 11 is 3.14. The zero-order valence-electron chi connectivity index (χ0n) is 6.53. The number of rotatable bonds is 1. The molecule has 66 valence electrons. The summed E-state index contributed by atoms with van der Waals surface area (Å²) in [4.78, 5) is 4.12. The summed E-state index contributed by atoms with van der Waals surface area (Å²) in [5.41, 5.74) is 1.65. The van der Waals surface area contributed by atoms with Crippen LogP contribution in [0.2, 0.25) is 0 Å². The maximum atomic E-state index is 9.21. The van der Waals surface area contributed by atoms with Gasteiger partial charge in [0.2, 0.25) is 0 Å². The van der Waals surface area contributed by atoms with E-state index in [2.05, 4.69) is 31.1 Å². The van der Waals surface area contributed by atoms with E-state index in [0.717, 1.165) is 11.3 Å². The molecule has 2 rings (SSSR count). The van der Waals surface area contributed by atoms with E-state index in [1.807, 2.05) is 0 Å². The molecule has 2 heterocycles. The highest BCUT2D eigenvalue weighted by molar-refractivity contribution is 9.10. The maximum absolute atomic E-state index is 9.21. The van der Waals surface area contributed by atoms with Crippen LogP contribution in [-0.2, 0) is 0 Å². The van der Waals surface area contributed by atoms with Gasteiger partial charge in [-0.25, -0.2) is 4.98 Å². The van der Waals surface area contributed by atoms with Crippen molar-refractivity contribution in [1.29, 1.82) is 0 Å². The lowest BCUT2D eigenvalue weighted by molar-refractivity contribution is 0.469. The van der Waals surface area contributed by atoms with Gasteiger partial charge in [0.1, 0.15) is 10.4 Å². The van der Waals surface area contributed by atoms with Gasteiger partial charge >= 0.3 is 0 Å². The molecular weight excluding hydrogens is 234 g/mol. The molecule has 2 N–H and O–H groups in total. The van der Waals surface area contributed by atoms with E-state index in [9.17, 15) is 5.11 Å². The summed E-state index contributed by atoms with van der Waals surface area (Å²) in [6.07, 6.45) is 3.41. The minimum absolute atomic E-state index is 0.132. The Morgan fingerprint density at radius 3 is 2.85 bits per heavy atom. The van der Waals surface area contributed by atoms with Crippen molar-refractivity contribution in [2.24, 2.45) is 0 Å². The first-order valence-corrected chi connectivity index (χ1v) is 4.41. The van der Waals surface area contributed by atoms with Gasteiger partial charge < -0.3 is 5.11 Å². The van der Waals surface area contributed by atoms with Gasteiger partial charge in [0.05, 0.1) is 11.9 Å². The van der Waals surface area contributed by atoms with Crippen molar-refractivity contribution < 1.29 is 5.11 Å². The van der Waals surface area contributed by atoms with Gasteiger partial charge in [0.25, 0.3) is 0 Å². The summed E-state index contributed by atoms with van der Waals surface area (Å²) < 4.78 is 0.436. The largest absolute Gasteiger partial charge is 0.505 e. The van der Waals surface area contributed by atoms with Crippen LogP contribution in [0.25, 0.3) is 11.3 Å². The van der Waals surface area contributed by atoms with Crippen LogP contribution in [0.5, 0.6) is 5.75 Å². The van der Waals surface area contributed by atoms with E-state index in [1.165, 1.54) is 0 Å². The summed E-state index contributed by atoms with van der Waals surface area (Å²) in [6, 6.07) is 3.31. The zero-order valence-corrected chi connectivity index (χ0v) is 8.12. The van der Waals surface area contributed by atoms with Crippen molar-refractivity contribution >= 4 is 15.9 Å². The SMILES string of the molecule is Oc1ccc(-c2cn[nH]c2)nc1Br. The average molecular weight is 240 g/mol. The molecule has 2 aromatic heterocycles. The monoisotopic (exact) mass is 239 g/mol. The molecule has 0 saturated heterocycles. The smallest absolute Gasteiger partial charge is 0.148 e. The van der Waals surface area contributed by atoms with Gasteiger partial charge in [-0.3, -0.25) is 5.10 Å². The molecule has 0 amide bonds. The van der Waals surface area contributed by atoms with Crippen LogP contribution >= 0.6 is 15.9 Å². The number of pyridine rings is 1. The van der Waals surface area contributed by atoms with Crippen LogP contribution in [0.4, 0.5) is 0 Å². The van der Waals surface area contributed by atoms with Crippen LogP contribution in [0, 0.1) is 0 Å². The van der Waals surface area contributed by atoms with Gasteiger partial charge in [0, 0.05) is 11.8 Å². The Hall–Kier alpha value is -1.36. The lowest BCUT2D eigenvalue weighted by Gasteiger charge is -1.98. The first kappa shape index (κ1) is 8.25. The Kier molecular flexibility index (Phi) is 2.02. The number of halogens is 1. The van der Waals surface area contributed by atoms with Crippen molar-refractivity contribution in [2.45, 2.75) is 0 Å². The quantitative estimate of drug-likeness (QED) is 0.748. The topological polar surface area (TPSA) is 61.8 Å². The molecule has 0 aliphatic carbocycles. The number of H-pyrrole nitrogens is 1. The minimum Gasteiger partial charge on any atom is -0.505 e. The highest BCUT2D eigenvalue weighted by atomic mass is 79.9. The van der Waals surface area contributed by atoms with Crippen molar-refractivity contribution in [3.8, 4) is 17.0 Å². The standard InChI is InChI=1S/C8H6BrN3O/c9-8-7(13)2-1-6(12-8)5-3-10-11-4-5/h1-4,13H,(H,10,11).